The molecule has 6 heteroatoms. The Kier molecular flexibility index (Phi) is 4.74. The number of nitrogens with zero attached hydrogens (tertiary/aromatic N) is 4. The van der Waals surface area contributed by atoms with E-state index >= 15 is 0 Å². The lowest BCUT2D eigenvalue weighted by Crippen LogP contribution is -2.42. The van der Waals surface area contributed by atoms with Crippen LogP contribution in [-0.2, 0) is 7.05 Å². The van der Waals surface area contributed by atoms with E-state index in [4.69, 9.17) is 0 Å². The molecule has 0 unspecified atom stereocenters. The number of H-pyrrole nitrogens is 1. The first-order valence-electron chi connectivity index (χ1n) is 9.55. The van der Waals surface area contributed by atoms with Crippen molar-refractivity contribution in [2.45, 2.75) is 18.9 Å². The summed E-state index contributed by atoms with van der Waals surface area (Å²) >= 11 is 0. The van der Waals surface area contributed by atoms with Gasteiger partial charge in [-0.1, -0.05) is 12.1 Å². The van der Waals surface area contributed by atoms with E-state index in [-0.39, 0.29) is 5.91 Å². The molecule has 0 saturated carbocycles. The minimum atomic E-state index is 0.0706. The van der Waals surface area contributed by atoms with Crippen molar-refractivity contribution >= 4 is 16.8 Å². The Balaban J connectivity index is 1.56. The van der Waals surface area contributed by atoms with Gasteiger partial charge in [-0.15, -0.1) is 0 Å². The number of aromatic amines is 1. The smallest absolute Gasteiger partial charge is 0.255 e. The SMILES string of the molecule is CN(C[C@@H]1CCCN(C)[C@H]1c1cnn(C)c1)C(=O)c1cccc2cc[nH]c12. The zero-order chi connectivity index (χ0) is 19.0. The van der Waals surface area contributed by atoms with Gasteiger partial charge in [0.15, 0.2) is 0 Å². The average Bonchev–Trinajstić information content (AvgIpc) is 3.29. The number of para-hydroxylation sites is 1. The Labute approximate surface area is 159 Å². The molecule has 0 bridgehead atoms. The molecule has 1 fully saturated rings. The van der Waals surface area contributed by atoms with Crippen LogP contribution in [0.3, 0.4) is 0 Å². The van der Waals surface area contributed by atoms with Gasteiger partial charge in [0.25, 0.3) is 5.91 Å². The standard InChI is InChI=1S/C21H27N5O/c1-24-11-5-7-16(20(24)17-12-23-26(3)14-17)13-25(2)21(27)18-8-4-6-15-9-10-22-19(15)18/h4,6,8-10,12,14,16,20,22H,5,7,11,13H2,1-3H3/t16-,20+/m0/s1. The summed E-state index contributed by atoms with van der Waals surface area (Å²) in [5.74, 6) is 0.464. The number of aromatic nitrogens is 3. The zero-order valence-corrected chi connectivity index (χ0v) is 16.2. The van der Waals surface area contributed by atoms with E-state index in [0.717, 1.165) is 42.4 Å². The lowest BCUT2D eigenvalue weighted by molar-refractivity contribution is 0.0646. The highest BCUT2D eigenvalue weighted by Gasteiger charge is 2.33. The molecule has 1 aliphatic heterocycles. The molecule has 3 aromatic rings. The van der Waals surface area contributed by atoms with Gasteiger partial charge in [-0.05, 0) is 44.5 Å². The molecule has 4 rings (SSSR count). The minimum Gasteiger partial charge on any atom is -0.361 e. The van der Waals surface area contributed by atoms with Crippen molar-refractivity contribution in [3.63, 3.8) is 0 Å². The molecule has 1 N–H and O–H groups in total. The summed E-state index contributed by atoms with van der Waals surface area (Å²) in [6.45, 7) is 1.81. The molecule has 0 spiro atoms. The number of carbonyl (C=O) groups is 1. The molecule has 6 nitrogen and oxygen atoms in total. The summed E-state index contributed by atoms with van der Waals surface area (Å²) < 4.78 is 1.86. The van der Waals surface area contributed by atoms with Gasteiger partial charge in [-0.2, -0.15) is 5.10 Å². The van der Waals surface area contributed by atoms with Crippen LogP contribution in [-0.4, -0.2) is 57.7 Å². The van der Waals surface area contributed by atoms with Gasteiger partial charge in [0.2, 0.25) is 0 Å². The van der Waals surface area contributed by atoms with Crippen LogP contribution in [0.4, 0.5) is 0 Å². The van der Waals surface area contributed by atoms with Gasteiger partial charge in [0.1, 0.15) is 0 Å². The molecular formula is C21H27N5O. The molecule has 1 aliphatic rings. The van der Waals surface area contributed by atoms with Crippen LogP contribution in [0.15, 0.2) is 42.9 Å². The third kappa shape index (κ3) is 3.37. The van der Waals surface area contributed by atoms with Crippen LogP contribution in [0.1, 0.15) is 34.8 Å². The third-order valence-electron chi connectivity index (χ3n) is 5.75. The monoisotopic (exact) mass is 365 g/mol. The molecule has 27 heavy (non-hydrogen) atoms. The highest BCUT2D eigenvalue weighted by atomic mass is 16.2. The topological polar surface area (TPSA) is 57.2 Å². The number of piperidine rings is 1. The Hall–Kier alpha value is -2.60. The maximum Gasteiger partial charge on any atom is 0.255 e. The number of rotatable bonds is 4. The van der Waals surface area contributed by atoms with Crippen LogP contribution in [0.5, 0.6) is 0 Å². The number of carbonyl (C=O) groups excluding carboxylic acids is 1. The number of fused-ring (bicyclic) bond motifs is 1. The highest BCUT2D eigenvalue weighted by Crippen LogP contribution is 2.35. The average molecular weight is 365 g/mol. The molecular weight excluding hydrogens is 338 g/mol. The molecule has 3 heterocycles. The summed E-state index contributed by atoms with van der Waals surface area (Å²) in [4.78, 5) is 20.6. The maximum atomic E-state index is 13.1. The normalized spacial score (nSPS) is 20.9. The Morgan fingerprint density at radius 2 is 2.19 bits per heavy atom. The van der Waals surface area contributed by atoms with Crippen LogP contribution in [0.25, 0.3) is 10.9 Å². The van der Waals surface area contributed by atoms with E-state index in [1.54, 1.807) is 0 Å². The fourth-order valence-electron chi connectivity index (χ4n) is 4.47. The summed E-state index contributed by atoms with van der Waals surface area (Å²) in [6.07, 6.45) is 8.22. The van der Waals surface area contributed by atoms with Gasteiger partial charge >= 0.3 is 0 Å². The molecule has 0 radical (unpaired) electrons. The summed E-state index contributed by atoms with van der Waals surface area (Å²) in [7, 11) is 6.04. The van der Waals surface area contributed by atoms with Crippen molar-refractivity contribution in [1.82, 2.24) is 24.6 Å². The number of aryl methyl sites for hydroxylation is 1. The van der Waals surface area contributed by atoms with Crippen molar-refractivity contribution in [2.75, 3.05) is 27.2 Å². The highest BCUT2D eigenvalue weighted by molar-refractivity contribution is 6.05. The largest absolute Gasteiger partial charge is 0.361 e. The number of hydrogen-bond acceptors (Lipinski definition) is 3. The number of hydrogen-bond donors (Lipinski definition) is 1. The van der Waals surface area contributed by atoms with E-state index in [2.05, 4.69) is 28.2 Å². The second kappa shape index (κ2) is 7.19. The molecule has 1 aromatic carbocycles. The Morgan fingerprint density at radius 3 is 2.96 bits per heavy atom. The number of nitrogens with one attached hydrogen (secondary N) is 1. The zero-order valence-electron chi connectivity index (χ0n) is 16.2. The predicted octanol–water partition coefficient (Wildman–Crippen LogP) is 3.06. The molecule has 2 atom stereocenters. The minimum absolute atomic E-state index is 0.0706. The van der Waals surface area contributed by atoms with E-state index in [0.29, 0.717) is 12.0 Å². The fourth-order valence-corrected chi connectivity index (χ4v) is 4.47. The van der Waals surface area contributed by atoms with E-state index in [1.807, 2.05) is 60.3 Å². The molecule has 0 aliphatic carbocycles. The van der Waals surface area contributed by atoms with Crippen LogP contribution in [0.2, 0.25) is 0 Å². The van der Waals surface area contributed by atoms with Gasteiger partial charge in [-0.3, -0.25) is 14.4 Å². The predicted molar refractivity (Wildman–Crippen MR) is 107 cm³/mol. The third-order valence-corrected chi connectivity index (χ3v) is 5.75. The van der Waals surface area contributed by atoms with E-state index < -0.39 is 0 Å². The number of benzene rings is 1. The van der Waals surface area contributed by atoms with Crippen molar-refractivity contribution < 1.29 is 4.79 Å². The first kappa shape index (κ1) is 17.8. The lowest BCUT2D eigenvalue weighted by Gasteiger charge is -2.40. The fraction of sp³-hybridized carbons (Fsp3) is 0.429. The lowest BCUT2D eigenvalue weighted by atomic mass is 9.85. The van der Waals surface area contributed by atoms with Crippen LogP contribution < -0.4 is 0 Å². The van der Waals surface area contributed by atoms with E-state index in [9.17, 15) is 4.79 Å². The second-order valence-electron chi connectivity index (χ2n) is 7.71. The van der Waals surface area contributed by atoms with Crippen molar-refractivity contribution in [3.05, 3.63) is 54.0 Å². The van der Waals surface area contributed by atoms with Crippen molar-refractivity contribution in [2.24, 2.45) is 13.0 Å². The molecule has 1 amide bonds. The Bertz CT molecular complexity index is 943. The summed E-state index contributed by atoms with van der Waals surface area (Å²) in [5.41, 5.74) is 2.89. The first-order valence-corrected chi connectivity index (χ1v) is 9.55. The van der Waals surface area contributed by atoms with Crippen LogP contribution in [0, 0.1) is 5.92 Å². The molecule has 142 valence electrons. The van der Waals surface area contributed by atoms with Crippen molar-refractivity contribution in [3.8, 4) is 0 Å². The quantitative estimate of drug-likeness (QED) is 0.773. The second-order valence-corrected chi connectivity index (χ2v) is 7.71. The van der Waals surface area contributed by atoms with E-state index in [1.165, 1.54) is 5.56 Å². The number of likely N-dealkylation sites (tertiary alicyclic amines) is 1. The molecule has 2 aromatic heterocycles. The Morgan fingerprint density at radius 1 is 1.33 bits per heavy atom. The maximum absolute atomic E-state index is 13.1. The first-order chi connectivity index (χ1) is 13.0. The summed E-state index contributed by atoms with van der Waals surface area (Å²) in [5, 5.41) is 5.43. The van der Waals surface area contributed by atoms with Crippen LogP contribution >= 0.6 is 0 Å². The molecule has 1 saturated heterocycles. The van der Waals surface area contributed by atoms with Gasteiger partial charge in [-0.25, -0.2) is 0 Å². The number of amides is 1. The van der Waals surface area contributed by atoms with Gasteiger partial charge in [0.05, 0.1) is 17.3 Å². The van der Waals surface area contributed by atoms with Gasteiger partial charge in [0, 0.05) is 50.0 Å². The van der Waals surface area contributed by atoms with Crippen molar-refractivity contribution in [1.29, 1.82) is 0 Å². The van der Waals surface area contributed by atoms with Gasteiger partial charge < -0.3 is 9.88 Å². The summed E-state index contributed by atoms with van der Waals surface area (Å²) in [6, 6.07) is 8.18.